The Bertz CT molecular complexity index is 1420. The van der Waals surface area contributed by atoms with Gasteiger partial charge in [0.2, 0.25) is 28.6 Å². The van der Waals surface area contributed by atoms with E-state index in [4.69, 9.17) is 9.47 Å². The Morgan fingerprint density at radius 3 is 2.37 bits per heavy atom. The van der Waals surface area contributed by atoms with Gasteiger partial charge in [0.05, 0.1) is 11.9 Å². The summed E-state index contributed by atoms with van der Waals surface area (Å²) in [6.07, 6.45) is 1.12. The average molecular weight is 542 g/mol. The molecular weight excluding hydrogens is 513 g/mol. The molecule has 0 aromatic heterocycles. The van der Waals surface area contributed by atoms with Crippen molar-refractivity contribution < 1.29 is 31.9 Å². The fourth-order valence-electron chi connectivity index (χ4n) is 4.18. The number of carbonyl (C=O) groups is 2. The Morgan fingerprint density at radius 2 is 1.68 bits per heavy atom. The third-order valence-electron chi connectivity index (χ3n) is 6.14. The number of sulfonamides is 1. The van der Waals surface area contributed by atoms with Crippen LogP contribution in [0.2, 0.25) is 0 Å². The van der Waals surface area contributed by atoms with Crippen LogP contribution in [0, 0.1) is 5.82 Å². The summed E-state index contributed by atoms with van der Waals surface area (Å²) in [6.45, 7) is -0.856. The quantitative estimate of drug-likeness (QED) is 0.423. The van der Waals surface area contributed by atoms with Crippen molar-refractivity contribution >= 4 is 27.5 Å². The summed E-state index contributed by atoms with van der Waals surface area (Å²) in [5.74, 6) is -0.888. The second-order valence-electron chi connectivity index (χ2n) is 8.74. The van der Waals surface area contributed by atoms with Gasteiger partial charge in [0.15, 0.2) is 11.5 Å². The Morgan fingerprint density at radius 1 is 1.00 bits per heavy atom. The van der Waals surface area contributed by atoms with E-state index in [0.717, 1.165) is 16.1 Å². The number of nitrogens with one attached hydrogen (secondary N) is 1. The number of benzene rings is 3. The highest BCUT2D eigenvalue weighted by atomic mass is 32.2. The summed E-state index contributed by atoms with van der Waals surface area (Å²) in [6, 6.07) is 18.5. The lowest BCUT2D eigenvalue weighted by molar-refractivity contribution is -0.139. The second-order valence-corrected chi connectivity index (χ2v) is 10.6. The van der Waals surface area contributed by atoms with Gasteiger partial charge in [0.25, 0.3) is 0 Å². The summed E-state index contributed by atoms with van der Waals surface area (Å²) in [5.41, 5.74) is 1.16. The predicted octanol–water partition coefficient (Wildman–Crippen LogP) is 2.71. The van der Waals surface area contributed by atoms with Gasteiger partial charge >= 0.3 is 0 Å². The third kappa shape index (κ3) is 6.23. The first-order valence-corrected chi connectivity index (χ1v) is 13.7. The summed E-state index contributed by atoms with van der Waals surface area (Å²) >= 11 is 0. The van der Waals surface area contributed by atoms with Gasteiger partial charge in [-0.05, 0) is 23.8 Å². The maximum Gasteiger partial charge on any atom is 0.244 e. The van der Waals surface area contributed by atoms with Crippen molar-refractivity contribution in [3.63, 3.8) is 0 Å². The minimum Gasteiger partial charge on any atom is -0.454 e. The Kier molecular flexibility index (Phi) is 8.16. The number of nitrogens with zero attached hydrogens (tertiary/aromatic N) is 2. The number of hydrogen-bond acceptors (Lipinski definition) is 6. The molecule has 1 N–H and O–H groups in total. The number of hydrogen-bond donors (Lipinski definition) is 1. The molecule has 9 nitrogen and oxygen atoms in total. The molecule has 1 aliphatic rings. The van der Waals surface area contributed by atoms with Gasteiger partial charge in [-0.3, -0.25) is 13.9 Å². The summed E-state index contributed by atoms with van der Waals surface area (Å²) in [5, 5.41) is 2.58. The normalized spacial score (nSPS) is 13.0. The van der Waals surface area contributed by atoms with Crippen molar-refractivity contribution in [3.8, 4) is 11.5 Å². The zero-order valence-electron chi connectivity index (χ0n) is 21.0. The van der Waals surface area contributed by atoms with Crippen LogP contribution < -0.4 is 19.1 Å². The van der Waals surface area contributed by atoms with Crippen LogP contribution in [0.4, 0.5) is 10.1 Å². The zero-order valence-corrected chi connectivity index (χ0v) is 21.8. The SMILES string of the molecule is CNC(=O)C(Cc1ccccc1)N(Cc1ccccc1F)C(=O)CN(c1ccc2c(c1)OCO2)S(C)(=O)=O. The number of carbonyl (C=O) groups excluding carboxylic acids is 2. The molecule has 0 saturated carbocycles. The van der Waals surface area contributed by atoms with E-state index in [9.17, 15) is 22.4 Å². The number of fused-ring (bicyclic) bond motifs is 1. The maximum absolute atomic E-state index is 14.7. The lowest BCUT2D eigenvalue weighted by atomic mass is 10.0. The number of anilines is 1. The van der Waals surface area contributed by atoms with Crippen LogP contribution >= 0.6 is 0 Å². The molecule has 1 atom stereocenters. The molecule has 1 unspecified atom stereocenters. The van der Waals surface area contributed by atoms with Crippen LogP contribution in [0.5, 0.6) is 11.5 Å². The van der Waals surface area contributed by atoms with Gasteiger partial charge in [0, 0.05) is 31.6 Å². The summed E-state index contributed by atoms with van der Waals surface area (Å²) in [7, 11) is -2.49. The van der Waals surface area contributed by atoms with Crippen LogP contribution in [0.3, 0.4) is 0 Å². The largest absolute Gasteiger partial charge is 0.454 e. The highest BCUT2D eigenvalue weighted by Gasteiger charge is 2.33. The van der Waals surface area contributed by atoms with Gasteiger partial charge in [-0.1, -0.05) is 48.5 Å². The van der Waals surface area contributed by atoms with E-state index in [1.807, 2.05) is 30.3 Å². The molecule has 0 fully saturated rings. The Labute approximate surface area is 220 Å². The number of amides is 2. The lowest BCUT2D eigenvalue weighted by Crippen LogP contribution is -2.53. The molecule has 2 amide bonds. The van der Waals surface area contributed by atoms with Crippen LogP contribution in [-0.2, 0) is 32.6 Å². The van der Waals surface area contributed by atoms with E-state index in [0.29, 0.717) is 11.5 Å². The van der Waals surface area contributed by atoms with Gasteiger partial charge in [-0.2, -0.15) is 0 Å². The highest BCUT2D eigenvalue weighted by molar-refractivity contribution is 7.92. The molecule has 0 saturated heterocycles. The predicted molar refractivity (Wildman–Crippen MR) is 140 cm³/mol. The van der Waals surface area contributed by atoms with E-state index >= 15 is 0 Å². The van der Waals surface area contributed by atoms with Crippen LogP contribution in [-0.4, -0.2) is 57.8 Å². The first-order valence-electron chi connectivity index (χ1n) is 11.8. The minimum absolute atomic E-state index is 0.000303. The van der Waals surface area contributed by atoms with Crippen molar-refractivity contribution in [2.24, 2.45) is 0 Å². The van der Waals surface area contributed by atoms with Gasteiger partial charge in [-0.25, -0.2) is 12.8 Å². The number of likely N-dealkylation sites (N-methyl/N-ethyl adjacent to an activating group) is 1. The molecule has 3 aromatic carbocycles. The zero-order chi connectivity index (χ0) is 27.3. The molecule has 1 heterocycles. The van der Waals surface area contributed by atoms with Crippen LogP contribution in [0.1, 0.15) is 11.1 Å². The topological polar surface area (TPSA) is 105 Å². The summed E-state index contributed by atoms with van der Waals surface area (Å²) in [4.78, 5) is 28.1. The van der Waals surface area contributed by atoms with E-state index in [1.165, 1.54) is 42.3 Å². The monoisotopic (exact) mass is 541 g/mol. The van der Waals surface area contributed by atoms with Crippen molar-refractivity contribution in [2.45, 2.75) is 19.0 Å². The lowest BCUT2D eigenvalue weighted by Gasteiger charge is -2.33. The van der Waals surface area contributed by atoms with Gasteiger partial charge < -0.3 is 19.7 Å². The van der Waals surface area contributed by atoms with E-state index in [2.05, 4.69) is 5.32 Å². The standard InChI is InChI=1S/C27H28FN3O6S/c1-29-27(33)23(14-19-8-4-3-5-9-19)30(16-20-10-6-7-11-22(20)28)26(32)17-31(38(2,34)35)21-12-13-24-25(15-21)37-18-36-24/h3-13,15,23H,14,16-18H2,1-2H3,(H,29,33). The molecule has 11 heteroatoms. The molecule has 200 valence electrons. The molecule has 0 aliphatic carbocycles. The van der Waals surface area contributed by atoms with Gasteiger partial charge in [-0.15, -0.1) is 0 Å². The maximum atomic E-state index is 14.7. The molecule has 0 bridgehead atoms. The van der Waals surface area contributed by atoms with E-state index in [-0.39, 0.29) is 31.0 Å². The molecule has 38 heavy (non-hydrogen) atoms. The van der Waals surface area contributed by atoms with Crippen molar-refractivity contribution in [3.05, 3.63) is 89.7 Å². The average Bonchev–Trinajstić information content (AvgIpc) is 3.37. The van der Waals surface area contributed by atoms with Crippen LogP contribution in [0.15, 0.2) is 72.8 Å². The Hall–Kier alpha value is -4.12. The fourth-order valence-corrected chi connectivity index (χ4v) is 5.03. The molecule has 0 radical (unpaired) electrons. The number of ether oxygens (including phenoxy) is 2. The van der Waals surface area contributed by atoms with E-state index in [1.54, 1.807) is 12.1 Å². The molecule has 1 aliphatic heterocycles. The Balaban J connectivity index is 1.71. The molecule has 4 rings (SSSR count). The highest BCUT2D eigenvalue weighted by Crippen LogP contribution is 2.36. The summed E-state index contributed by atoms with van der Waals surface area (Å²) < 4.78 is 51.8. The smallest absolute Gasteiger partial charge is 0.244 e. The number of rotatable bonds is 10. The fraction of sp³-hybridized carbons (Fsp3) is 0.259. The third-order valence-corrected chi connectivity index (χ3v) is 7.28. The molecular formula is C27H28FN3O6S. The van der Waals surface area contributed by atoms with Gasteiger partial charge in [0.1, 0.15) is 18.4 Å². The second kappa shape index (κ2) is 11.5. The molecule has 0 spiro atoms. The van der Waals surface area contributed by atoms with Crippen molar-refractivity contribution in [2.75, 3.05) is 30.9 Å². The van der Waals surface area contributed by atoms with Crippen LogP contribution in [0.25, 0.3) is 0 Å². The number of halogens is 1. The van der Waals surface area contributed by atoms with E-state index < -0.39 is 40.2 Å². The minimum atomic E-state index is -3.94. The first-order chi connectivity index (χ1) is 18.2. The van der Waals surface area contributed by atoms with Crippen molar-refractivity contribution in [1.29, 1.82) is 0 Å². The first kappa shape index (κ1) is 26.9. The van der Waals surface area contributed by atoms with Crippen molar-refractivity contribution in [1.82, 2.24) is 10.2 Å². The molecule has 3 aromatic rings.